The molecule has 156 valence electrons. The molecule has 1 saturated heterocycles. The summed E-state index contributed by atoms with van der Waals surface area (Å²) in [5.41, 5.74) is 4.82. The third-order valence-electron chi connectivity index (χ3n) is 6.77. The maximum Gasteiger partial charge on any atom is 0.494 e. The first kappa shape index (κ1) is 20.2. The van der Waals surface area contributed by atoms with Gasteiger partial charge in [-0.2, -0.15) is 0 Å². The van der Waals surface area contributed by atoms with E-state index < -0.39 is 18.3 Å². The van der Waals surface area contributed by atoms with Gasteiger partial charge >= 0.3 is 14.1 Å². The zero-order valence-corrected chi connectivity index (χ0v) is 18.8. The first-order valence-corrected chi connectivity index (χ1v) is 10.9. The van der Waals surface area contributed by atoms with Gasteiger partial charge in [-0.05, 0) is 63.2 Å². The molecule has 3 aromatic carbocycles. The molecule has 3 aromatic rings. The lowest BCUT2D eigenvalue weighted by molar-refractivity contribution is 0.00578. The Balaban J connectivity index is 1.55. The van der Waals surface area contributed by atoms with Crippen LogP contribution in [0.5, 0.6) is 0 Å². The van der Waals surface area contributed by atoms with Crippen LogP contribution in [0.2, 0.25) is 0 Å². The van der Waals surface area contributed by atoms with E-state index in [-0.39, 0.29) is 6.98 Å². The van der Waals surface area contributed by atoms with E-state index in [9.17, 15) is 0 Å². The van der Waals surface area contributed by atoms with E-state index in [0.29, 0.717) is 0 Å². The number of aryl methyl sites for hydroxylation is 1. The lowest BCUT2D eigenvalue weighted by Crippen LogP contribution is -2.41. The molecule has 0 unspecified atom stereocenters. The van der Waals surface area contributed by atoms with Crippen molar-refractivity contribution in [3.05, 3.63) is 77.8 Å². The standard InChI is InChI=1S/C25H28B2N2O2/c1-17-12-14-18(15-13-17)20(27-30-24(2,3)25(4,5)31-27)16-26-28-21-10-6-8-19-9-7-11-22(29-26)23(19)21/h6-16,28-29H,1-5H3/b20-16-. The van der Waals surface area contributed by atoms with Crippen LogP contribution in [0.15, 0.2) is 66.6 Å². The molecule has 0 amide bonds. The summed E-state index contributed by atoms with van der Waals surface area (Å²) in [7, 11) is -0.440. The van der Waals surface area contributed by atoms with Crippen molar-refractivity contribution in [2.75, 3.05) is 10.5 Å². The number of hydrogen-bond acceptors (Lipinski definition) is 4. The topological polar surface area (TPSA) is 42.5 Å². The average molecular weight is 410 g/mol. The Kier molecular flexibility index (Phi) is 4.68. The van der Waals surface area contributed by atoms with Crippen molar-refractivity contribution in [1.29, 1.82) is 0 Å². The fourth-order valence-electron chi connectivity index (χ4n) is 4.24. The molecule has 6 heteroatoms. The molecule has 5 rings (SSSR count). The van der Waals surface area contributed by atoms with Crippen LogP contribution in [0.4, 0.5) is 11.4 Å². The molecule has 0 radical (unpaired) electrons. The predicted molar refractivity (Wildman–Crippen MR) is 132 cm³/mol. The molecule has 0 aromatic heterocycles. The van der Waals surface area contributed by atoms with Gasteiger partial charge < -0.3 is 19.8 Å². The zero-order chi connectivity index (χ0) is 21.8. The van der Waals surface area contributed by atoms with E-state index in [1.54, 1.807) is 0 Å². The first-order valence-electron chi connectivity index (χ1n) is 10.9. The third kappa shape index (κ3) is 3.54. The molecule has 2 aliphatic rings. The normalized spacial score (nSPS) is 19.3. The van der Waals surface area contributed by atoms with E-state index in [1.165, 1.54) is 16.3 Å². The monoisotopic (exact) mass is 410 g/mol. The molecular formula is C25H28B2N2O2. The second kappa shape index (κ2) is 7.18. The Hall–Kier alpha value is -2.69. The number of benzene rings is 3. The molecule has 4 nitrogen and oxygen atoms in total. The van der Waals surface area contributed by atoms with E-state index in [1.807, 2.05) is 0 Å². The van der Waals surface area contributed by atoms with Crippen molar-refractivity contribution in [2.45, 2.75) is 45.8 Å². The molecule has 1 fully saturated rings. The summed E-state index contributed by atoms with van der Waals surface area (Å²) in [5.74, 6) is 2.20. The highest BCUT2D eigenvalue weighted by atomic mass is 16.7. The minimum Gasteiger partial charge on any atom is -0.405 e. The van der Waals surface area contributed by atoms with Crippen LogP contribution in [0.25, 0.3) is 16.2 Å². The lowest BCUT2D eigenvalue weighted by Gasteiger charge is -2.32. The Morgan fingerprint density at radius 2 is 1.35 bits per heavy atom. The summed E-state index contributed by atoms with van der Waals surface area (Å²) >= 11 is 0. The van der Waals surface area contributed by atoms with Crippen molar-refractivity contribution in [3.63, 3.8) is 0 Å². The summed E-state index contributed by atoms with van der Waals surface area (Å²) in [6.45, 7) is 10.4. The van der Waals surface area contributed by atoms with Crippen molar-refractivity contribution < 1.29 is 9.31 Å². The fourth-order valence-corrected chi connectivity index (χ4v) is 4.24. The lowest BCUT2D eigenvalue weighted by atomic mass is 9.63. The van der Waals surface area contributed by atoms with E-state index in [2.05, 4.69) is 112 Å². The molecule has 0 bridgehead atoms. The van der Waals surface area contributed by atoms with E-state index in [4.69, 9.17) is 9.31 Å². The van der Waals surface area contributed by atoms with Gasteiger partial charge in [0, 0.05) is 16.8 Å². The van der Waals surface area contributed by atoms with Crippen molar-refractivity contribution in [1.82, 2.24) is 0 Å². The smallest absolute Gasteiger partial charge is 0.405 e. The van der Waals surface area contributed by atoms with E-state index >= 15 is 0 Å². The van der Waals surface area contributed by atoms with Crippen LogP contribution in [-0.4, -0.2) is 25.3 Å². The van der Waals surface area contributed by atoms with Gasteiger partial charge in [-0.1, -0.05) is 60.1 Å². The molecule has 2 aliphatic heterocycles. The minimum absolute atomic E-state index is 0.0872. The Morgan fingerprint density at radius 3 is 1.90 bits per heavy atom. The summed E-state index contributed by atoms with van der Waals surface area (Å²) in [6.07, 6.45) is 0. The van der Waals surface area contributed by atoms with Gasteiger partial charge in [0.1, 0.15) is 0 Å². The molecule has 2 heterocycles. The second-order valence-corrected chi connectivity index (χ2v) is 9.55. The molecule has 2 N–H and O–H groups in total. The number of rotatable bonds is 3. The predicted octanol–water partition coefficient (Wildman–Crippen LogP) is 5.73. The van der Waals surface area contributed by atoms with Crippen LogP contribution in [-0.2, 0) is 9.31 Å². The Bertz CT molecular complexity index is 1120. The maximum absolute atomic E-state index is 6.43. The van der Waals surface area contributed by atoms with Gasteiger partial charge in [0.05, 0.1) is 11.2 Å². The largest absolute Gasteiger partial charge is 0.494 e. The fraction of sp³-hybridized carbons (Fsp3) is 0.280. The van der Waals surface area contributed by atoms with Gasteiger partial charge in [0.15, 0.2) is 0 Å². The van der Waals surface area contributed by atoms with Crippen molar-refractivity contribution in [2.24, 2.45) is 0 Å². The van der Waals surface area contributed by atoms with Gasteiger partial charge in [-0.25, -0.2) is 0 Å². The summed E-state index contributed by atoms with van der Waals surface area (Å²) in [6, 6.07) is 21.3. The summed E-state index contributed by atoms with van der Waals surface area (Å²) in [5, 5.41) is 9.73. The number of nitrogens with one attached hydrogen (secondary N) is 2. The molecule has 0 saturated carbocycles. The van der Waals surface area contributed by atoms with Crippen LogP contribution in [0.1, 0.15) is 38.8 Å². The van der Waals surface area contributed by atoms with Gasteiger partial charge in [0.25, 0.3) is 0 Å². The quantitative estimate of drug-likeness (QED) is 0.542. The minimum atomic E-state index is -0.440. The van der Waals surface area contributed by atoms with Crippen LogP contribution in [0, 0.1) is 6.92 Å². The summed E-state index contributed by atoms with van der Waals surface area (Å²) < 4.78 is 12.9. The highest BCUT2D eigenvalue weighted by Crippen LogP contribution is 2.41. The van der Waals surface area contributed by atoms with Gasteiger partial charge in [-0.15, -0.1) is 0 Å². The van der Waals surface area contributed by atoms with E-state index in [0.717, 1.165) is 22.4 Å². The molecular weight excluding hydrogens is 382 g/mol. The van der Waals surface area contributed by atoms with Crippen molar-refractivity contribution >= 4 is 41.7 Å². The van der Waals surface area contributed by atoms with Crippen LogP contribution in [0.3, 0.4) is 0 Å². The molecule has 0 aliphatic carbocycles. The van der Waals surface area contributed by atoms with Gasteiger partial charge in [0.2, 0.25) is 0 Å². The maximum atomic E-state index is 6.43. The first-order chi connectivity index (χ1) is 14.7. The average Bonchev–Trinajstić information content (AvgIpc) is 2.94. The molecule has 0 spiro atoms. The van der Waals surface area contributed by atoms with Crippen LogP contribution < -0.4 is 10.5 Å². The third-order valence-corrected chi connectivity index (χ3v) is 6.77. The van der Waals surface area contributed by atoms with Crippen molar-refractivity contribution in [3.8, 4) is 0 Å². The highest BCUT2D eigenvalue weighted by Gasteiger charge is 2.52. The highest BCUT2D eigenvalue weighted by molar-refractivity contribution is 6.79. The zero-order valence-electron chi connectivity index (χ0n) is 18.8. The van der Waals surface area contributed by atoms with Gasteiger partial charge in [-0.3, -0.25) is 0 Å². The Morgan fingerprint density at radius 1 is 0.806 bits per heavy atom. The number of anilines is 2. The molecule has 0 atom stereocenters. The SMILES string of the molecule is Cc1ccc(/C(=C/B2Nc3cccc4cccc(c34)N2)B2OC(C)(C)C(C)(C)O2)cc1. The summed E-state index contributed by atoms with van der Waals surface area (Å²) in [4.78, 5) is 0. The van der Waals surface area contributed by atoms with Crippen LogP contribution >= 0.6 is 0 Å². The second-order valence-electron chi connectivity index (χ2n) is 9.55. The molecule has 31 heavy (non-hydrogen) atoms. The number of hydrogen-bond donors (Lipinski definition) is 2. The Labute approximate surface area is 185 Å².